The molecule has 0 saturated heterocycles. The molecular formula is C19H12Cl2N4O. The fraction of sp³-hybridized carbons (Fsp3) is 0. The Morgan fingerprint density at radius 2 is 1.88 bits per heavy atom. The van der Waals surface area contributed by atoms with Gasteiger partial charge in [0.1, 0.15) is 0 Å². The van der Waals surface area contributed by atoms with Crippen molar-refractivity contribution in [3.63, 3.8) is 0 Å². The highest BCUT2D eigenvalue weighted by Crippen LogP contribution is 2.26. The number of carbonyl (C=O) groups excluding carboxylic acids is 1. The van der Waals surface area contributed by atoms with E-state index in [1.54, 1.807) is 48.7 Å². The van der Waals surface area contributed by atoms with Crippen LogP contribution in [0.3, 0.4) is 0 Å². The van der Waals surface area contributed by atoms with Crippen molar-refractivity contribution in [2.45, 2.75) is 0 Å². The van der Waals surface area contributed by atoms with Crippen molar-refractivity contribution in [2.75, 3.05) is 10.6 Å². The van der Waals surface area contributed by atoms with Gasteiger partial charge in [-0.1, -0.05) is 29.3 Å². The highest BCUT2D eigenvalue weighted by atomic mass is 35.5. The van der Waals surface area contributed by atoms with E-state index in [4.69, 9.17) is 28.5 Å². The molecule has 3 rings (SSSR count). The molecule has 5 nitrogen and oxygen atoms in total. The molecule has 26 heavy (non-hydrogen) atoms. The first-order valence-corrected chi connectivity index (χ1v) is 8.29. The molecule has 2 aromatic carbocycles. The van der Waals surface area contributed by atoms with Crippen LogP contribution in [0.1, 0.15) is 15.9 Å². The van der Waals surface area contributed by atoms with Gasteiger partial charge in [-0.3, -0.25) is 9.78 Å². The maximum Gasteiger partial charge on any atom is 0.257 e. The number of pyridine rings is 1. The number of aromatic nitrogens is 1. The summed E-state index contributed by atoms with van der Waals surface area (Å²) in [5, 5.41) is 15.6. The molecule has 0 radical (unpaired) electrons. The smallest absolute Gasteiger partial charge is 0.257 e. The highest BCUT2D eigenvalue weighted by Gasteiger charge is 2.10. The molecule has 0 fully saturated rings. The minimum atomic E-state index is -0.351. The molecular weight excluding hydrogens is 371 g/mol. The maximum absolute atomic E-state index is 12.4. The molecule has 3 aromatic rings. The Morgan fingerprint density at radius 1 is 1.04 bits per heavy atom. The van der Waals surface area contributed by atoms with Crippen LogP contribution in [-0.4, -0.2) is 10.9 Å². The molecule has 128 valence electrons. The quantitative estimate of drug-likeness (QED) is 0.645. The van der Waals surface area contributed by atoms with Crippen molar-refractivity contribution >= 4 is 46.2 Å². The van der Waals surface area contributed by atoms with Crippen LogP contribution in [0.4, 0.5) is 17.1 Å². The van der Waals surface area contributed by atoms with E-state index in [9.17, 15) is 4.79 Å². The van der Waals surface area contributed by atoms with Crippen LogP contribution in [0, 0.1) is 11.3 Å². The van der Waals surface area contributed by atoms with Crippen LogP contribution in [0.15, 0.2) is 60.9 Å². The van der Waals surface area contributed by atoms with Gasteiger partial charge in [0, 0.05) is 16.9 Å². The number of carbonyl (C=O) groups is 1. The summed E-state index contributed by atoms with van der Waals surface area (Å²) < 4.78 is 0. The number of nitrogens with one attached hydrogen (secondary N) is 2. The third kappa shape index (κ3) is 4.31. The summed E-state index contributed by atoms with van der Waals surface area (Å²) in [4.78, 5) is 16.5. The van der Waals surface area contributed by atoms with Crippen LogP contribution in [0.5, 0.6) is 0 Å². The zero-order valence-electron chi connectivity index (χ0n) is 13.3. The van der Waals surface area contributed by atoms with E-state index in [-0.39, 0.29) is 5.91 Å². The van der Waals surface area contributed by atoms with Crippen LogP contribution in [-0.2, 0) is 0 Å². The Morgan fingerprint density at radius 3 is 2.65 bits per heavy atom. The van der Waals surface area contributed by atoms with Crippen LogP contribution in [0.2, 0.25) is 10.0 Å². The fourth-order valence-electron chi connectivity index (χ4n) is 2.25. The molecule has 0 aliphatic carbocycles. The third-order valence-corrected chi connectivity index (χ3v) is 4.01. The summed E-state index contributed by atoms with van der Waals surface area (Å²) in [5.74, 6) is -0.351. The molecule has 1 aromatic heterocycles. The van der Waals surface area contributed by atoms with Crippen molar-refractivity contribution in [3.8, 4) is 6.07 Å². The van der Waals surface area contributed by atoms with Gasteiger partial charge in [-0.2, -0.15) is 5.26 Å². The average molecular weight is 383 g/mol. The minimum Gasteiger partial charge on any atom is -0.354 e. The first-order valence-electron chi connectivity index (χ1n) is 7.54. The van der Waals surface area contributed by atoms with E-state index in [2.05, 4.69) is 21.7 Å². The Bertz CT molecular complexity index is 1010. The van der Waals surface area contributed by atoms with E-state index < -0.39 is 0 Å². The predicted octanol–water partition coefficient (Wildman–Crippen LogP) is 5.26. The van der Waals surface area contributed by atoms with Gasteiger partial charge in [0.2, 0.25) is 0 Å². The second-order valence-electron chi connectivity index (χ2n) is 5.36. The lowest BCUT2D eigenvalue weighted by molar-refractivity contribution is 0.102. The number of amides is 1. The topological polar surface area (TPSA) is 77.8 Å². The van der Waals surface area contributed by atoms with Gasteiger partial charge in [0.25, 0.3) is 5.91 Å². The van der Waals surface area contributed by atoms with E-state index in [1.807, 2.05) is 6.07 Å². The zero-order chi connectivity index (χ0) is 18.5. The molecule has 7 heteroatoms. The summed E-state index contributed by atoms with van der Waals surface area (Å²) in [7, 11) is 0. The molecule has 0 aliphatic rings. The average Bonchev–Trinajstić information content (AvgIpc) is 2.64. The zero-order valence-corrected chi connectivity index (χ0v) is 14.8. The summed E-state index contributed by atoms with van der Waals surface area (Å²) in [5.41, 5.74) is 2.70. The molecule has 1 heterocycles. The summed E-state index contributed by atoms with van der Waals surface area (Å²) >= 11 is 11.9. The number of hydrogen-bond donors (Lipinski definition) is 2. The lowest BCUT2D eigenvalue weighted by Gasteiger charge is -2.10. The van der Waals surface area contributed by atoms with E-state index >= 15 is 0 Å². The molecule has 1 amide bonds. The van der Waals surface area contributed by atoms with E-state index in [1.165, 1.54) is 6.20 Å². The van der Waals surface area contributed by atoms with E-state index in [0.717, 1.165) is 5.69 Å². The Labute approximate surface area is 160 Å². The lowest BCUT2D eigenvalue weighted by atomic mass is 10.2. The normalized spacial score (nSPS) is 10.0. The standard InChI is InChI=1S/C19H12Cl2N4O/c20-14-4-5-18(17(21)8-14)25-19(26)13-7-16(11-23-10-13)24-15-3-1-2-12(6-15)9-22/h1-8,10-11,24H,(H,25,26). The summed E-state index contributed by atoms with van der Waals surface area (Å²) in [6.45, 7) is 0. The Hall–Kier alpha value is -3.07. The van der Waals surface area contributed by atoms with Gasteiger partial charge in [-0.05, 0) is 42.5 Å². The SMILES string of the molecule is N#Cc1cccc(Nc2cncc(C(=O)Nc3ccc(Cl)cc3Cl)c2)c1. The van der Waals surface area contributed by atoms with Gasteiger partial charge < -0.3 is 10.6 Å². The molecule has 2 N–H and O–H groups in total. The van der Waals surface area contributed by atoms with Crippen molar-refractivity contribution in [2.24, 2.45) is 0 Å². The van der Waals surface area contributed by atoms with E-state index in [0.29, 0.717) is 32.5 Å². The molecule has 0 bridgehead atoms. The third-order valence-electron chi connectivity index (χ3n) is 3.46. The molecule has 0 spiro atoms. The number of halogens is 2. The van der Waals surface area contributed by atoms with Crippen molar-refractivity contribution in [3.05, 3.63) is 82.1 Å². The highest BCUT2D eigenvalue weighted by molar-refractivity contribution is 6.36. The second kappa shape index (κ2) is 7.87. The maximum atomic E-state index is 12.4. The number of nitriles is 1. The van der Waals surface area contributed by atoms with Crippen molar-refractivity contribution in [1.29, 1.82) is 5.26 Å². The lowest BCUT2D eigenvalue weighted by Crippen LogP contribution is -2.12. The Balaban J connectivity index is 1.78. The molecule has 0 atom stereocenters. The molecule has 0 aliphatic heterocycles. The van der Waals surface area contributed by atoms with Gasteiger partial charge in [0.05, 0.1) is 39.8 Å². The largest absolute Gasteiger partial charge is 0.354 e. The number of benzene rings is 2. The first-order chi connectivity index (χ1) is 12.5. The number of nitrogens with zero attached hydrogens (tertiary/aromatic N) is 2. The fourth-order valence-corrected chi connectivity index (χ4v) is 2.71. The van der Waals surface area contributed by atoms with Crippen LogP contribution < -0.4 is 10.6 Å². The molecule has 0 saturated carbocycles. The number of hydrogen-bond acceptors (Lipinski definition) is 4. The molecule has 0 unspecified atom stereocenters. The minimum absolute atomic E-state index is 0.349. The number of anilines is 3. The number of rotatable bonds is 4. The monoisotopic (exact) mass is 382 g/mol. The summed E-state index contributed by atoms with van der Waals surface area (Å²) in [6, 6.07) is 15.6. The van der Waals surface area contributed by atoms with Crippen LogP contribution in [0.25, 0.3) is 0 Å². The second-order valence-corrected chi connectivity index (χ2v) is 6.20. The summed E-state index contributed by atoms with van der Waals surface area (Å²) in [6.07, 6.45) is 3.04. The van der Waals surface area contributed by atoms with Crippen LogP contribution >= 0.6 is 23.2 Å². The predicted molar refractivity (Wildman–Crippen MR) is 103 cm³/mol. The van der Waals surface area contributed by atoms with Crippen molar-refractivity contribution in [1.82, 2.24) is 4.98 Å². The van der Waals surface area contributed by atoms with Crippen molar-refractivity contribution < 1.29 is 4.79 Å². The first kappa shape index (κ1) is 17.7. The van der Waals surface area contributed by atoms with Gasteiger partial charge >= 0.3 is 0 Å². The van der Waals surface area contributed by atoms with Gasteiger partial charge in [-0.25, -0.2) is 0 Å². The van der Waals surface area contributed by atoms with Gasteiger partial charge in [-0.15, -0.1) is 0 Å². The van der Waals surface area contributed by atoms with Gasteiger partial charge in [0.15, 0.2) is 0 Å². The Kier molecular flexibility index (Phi) is 5.37.